The Morgan fingerprint density at radius 3 is 2.79 bits per heavy atom. The maximum absolute atomic E-state index is 11.3. The Morgan fingerprint density at radius 2 is 2.18 bits per heavy atom. The van der Waals surface area contributed by atoms with Gasteiger partial charge in [-0.2, -0.15) is 0 Å². The largest absolute Gasteiger partial charge is 0.507 e. The van der Waals surface area contributed by atoms with Crippen molar-refractivity contribution in [3.05, 3.63) is 42.0 Å². The van der Waals surface area contributed by atoms with Crippen LogP contribution < -0.4 is 10.6 Å². The van der Waals surface area contributed by atoms with Gasteiger partial charge in [-0.15, -0.1) is 22.0 Å². The molecule has 1 aliphatic carbocycles. The highest BCUT2D eigenvalue weighted by molar-refractivity contribution is 7.99. The highest BCUT2D eigenvalue weighted by atomic mass is 32.2. The molecule has 2 aliphatic heterocycles. The van der Waals surface area contributed by atoms with Crippen molar-refractivity contribution in [2.75, 3.05) is 13.6 Å². The minimum atomic E-state index is -0.190. The van der Waals surface area contributed by atoms with E-state index in [-0.39, 0.29) is 11.7 Å². The van der Waals surface area contributed by atoms with Gasteiger partial charge in [0, 0.05) is 30.0 Å². The lowest BCUT2D eigenvalue weighted by atomic mass is 9.81. The highest BCUT2D eigenvalue weighted by Crippen LogP contribution is 2.39. The zero-order chi connectivity index (χ0) is 19.5. The van der Waals surface area contributed by atoms with Gasteiger partial charge in [0.1, 0.15) is 10.8 Å². The van der Waals surface area contributed by atoms with Crippen LogP contribution in [0.3, 0.4) is 0 Å². The molecule has 2 bridgehead atoms. The number of carbonyl (C=O) groups excluding carboxylic acids is 1. The third-order valence-electron chi connectivity index (χ3n) is 5.48. The Kier molecular flexibility index (Phi) is 5.64. The van der Waals surface area contributed by atoms with E-state index in [1.54, 1.807) is 25.3 Å². The standard InChI is InChI=1S/C21H24N4O2S/c1-22-20(27)8-3-13-2-6-16(18(26)10-13)17-7-9-21(25-24-17)28-19-11-15-5-4-14(19)12-23-15/h2-3,6-10,14-15,19,23,26H,4-5,11-12H2,1H3,(H,22,27)/b8-3+/t14-,15-,19-/m1/s1. The Labute approximate surface area is 168 Å². The van der Waals surface area contributed by atoms with Crippen molar-refractivity contribution in [3.8, 4) is 17.0 Å². The number of likely N-dealkylation sites (N-methyl/N-ethyl adjacent to an activating group) is 1. The lowest BCUT2D eigenvalue weighted by Gasteiger charge is -2.42. The first-order chi connectivity index (χ1) is 13.6. The number of nitrogens with one attached hydrogen (secondary N) is 2. The smallest absolute Gasteiger partial charge is 0.243 e. The molecule has 3 aliphatic rings. The molecule has 28 heavy (non-hydrogen) atoms. The molecule has 3 N–H and O–H groups in total. The number of benzene rings is 1. The lowest BCUT2D eigenvalue weighted by molar-refractivity contribution is -0.115. The molecule has 7 heteroatoms. The topological polar surface area (TPSA) is 87.1 Å². The number of nitrogens with zero attached hydrogens (tertiary/aromatic N) is 2. The molecule has 3 atom stereocenters. The SMILES string of the molecule is CNC(=O)/C=C/c1ccc(-c2ccc(S[C@@H]3C[C@H]4CC[C@@H]3CN4)nn2)c(O)c1. The Hall–Kier alpha value is -2.38. The molecule has 1 saturated carbocycles. The summed E-state index contributed by atoms with van der Waals surface area (Å²) < 4.78 is 0. The Morgan fingerprint density at radius 1 is 1.29 bits per heavy atom. The number of rotatable bonds is 5. The minimum absolute atomic E-state index is 0.115. The molecular weight excluding hydrogens is 372 g/mol. The molecule has 1 aromatic carbocycles. The summed E-state index contributed by atoms with van der Waals surface area (Å²) in [6, 6.07) is 9.80. The number of thioether (sulfide) groups is 1. The molecule has 1 aromatic heterocycles. The number of carbonyl (C=O) groups is 1. The van der Waals surface area contributed by atoms with E-state index in [1.165, 1.54) is 25.3 Å². The van der Waals surface area contributed by atoms with Gasteiger partial charge in [-0.25, -0.2) is 0 Å². The van der Waals surface area contributed by atoms with E-state index in [9.17, 15) is 9.90 Å². The van der Waals surface area contributed by atoms with E-state index in [2.05, 4.69) is 20.8 Å². The van der Waals surface area contributed by atoms with E-state index >= 15 is 0 Å². The molecule has 0 unspecified atom stereocenters. The number of aromatic hydroxyl groups is 1. The number of phenols is 1. The van der Waals surface area contributed by atoms with Crippen LogP contribution in [0.15, 0.2) is 41.4 Å². The van der Waals surface area contributed by atoms with Gasteiger partial charge < -0.3 is 15.7 Å². The summed E-state index contributed by atoms with van der Waals surface area (Å²) in [4.78, 5) is 11.3. The predicted octanol–water partition coefficient (Wildman–Crippen LogP) is 2.84. The van der Waals surface area contributed by atoms with Crippen molar-refractivity contribution < 1.29 is 9.90 Å². The molecule has 0 spiro atoms. The maximum Gasteiger partial charge on any atom is 0.243 e. The summed E-state index contributed by atoms with van der Waals surface area (Å²) in [6.45, 7) is 1.11. The number of phenolic OH excluding ortho intramolecular Hbond substituents is 1. The number of fused-ring (bicyclic) bond motifs is 3. The molecule has 3 fully saturated rings. The van der Waals surface area contributed by atoms with Crippen LogP contribution >= 0.6 is 11.8 Å². The number of hydrogen-bond acceptors (Lipinski definition) is 6. The van der Waals surface area contributed by atoms with E-state index in [1.807, 2.05) is 30.0 Å². The first kappa shape index (κ1) is 19.0. The second kappa shape index (κ2) is 8.32. The summed E-state index contributed by atoms with van der Waals surface area (Å²) >= 11 is 1.83. The summed E-state index contributed by atoms with van der Waals surface area (Å²) in [6.07, 6.45) is 6.87. The van der Waals surface area contributed by atoms with Crippen molar-refractivity contribution in [2.45, 2.75) is 35.6 Å². The fourth-order valence-electron chi connectivity index (χ4n) is 3.88. The van der Waals surface area contributed by atoms with Crippen molar-refractivity contribution in [1.82, 2.24) is 20.8 Å². The molecular formula is C21H24N4O2S. The maximum atomic E-state index is 11.3. The Bertz CT molecular complexity index is 876. The fraction of sp³-hybridized carbons (Fsp3) is 0.381. The van der Waals surface area contributed by atoms with Crippen molar-refractivity contribution >= 4 is 23.7 Å². The summed E-state index contributed by atoms with van der Waals surface area (Å²) in [5.74, 6) is 0.643. The van der Waals surface area contributed by atoms with Crippen molar-refractivity contribution in [2.24, 2.45) is 5.92 Å². The van der Waals surface area contributed by atoms with E-state index in [0.717, 1.165) is 23.1 Å². The molecule has 6 nitrogen and oxygen atoms in total. The minimum Gasteiger partial charge on any atom is -0.507 e. The molecule has 2 saturated heterocycles. The number of hydrogen-bond donors (Lipinski definition) is 3. The van der Waals surface area contributed by atoms with Crippen LogP contribution in [-0.2, 0) is 4.79 Å². The van der Waals surface area contributed by atoms with Crippen LogP contribution in [0.1, 0.15) is 24.8 Å². The van der Waals surface area contributed by atoms with Gasteiger partial charge in [0.2, 0.25) is 5.91 Å². The molecule has 1 amide bonds. The first-order valence-electron chi connectivity index (χ1n) is 9.59. The molecule has 5 rings (SSSR count). The average Bonchev–Trinajstić information content (AvgIpc) is 2.74. The molecule has 0 radical (unpaired) electrons. The quantitative estimate of drug-likeness (QED) is 0.674. The summed E-state index contributed by atoms with van der Waals surface area (Å²) in [5, 5.41) is 26.7. The lowest BCUT2D eigenvalue weighted by Crippen LogP contribution is -2.50. The zero-order valence-electron chi connectivity index (χ0n) is 15.8. The summed E-state index contributed by atoms with van der Waals surface area (Å²) in [5.41, 5.74) is 2.00. The van der Waals surface area contributed by atoms with E-state index in [4.69, 9.17) is 0 Å². The molecule has 146 valence electrons. The van der Waals surface area contributed by atoms with Crippen LogP contribution in [0.5, 0.6) is 5.75 Å². The van der Waals surface area contributed by atoms with E-state index < -0.39 is 0 Å². The van der Waals surface area contributed by atoms with Crippen molar-refractivity contribution in [1.29, 1.82) is 0 Å². The molecule has 2 aromatic rings. The van der Waals surface area contributed by atoms with Gasteiger partial charge in [0.15, 0.2) is 0 Å². The van der Waals surface area contributed by atoms with Crippen LogP contribution in [-0.4, -0.2) is 46.1 Å². The van der Waals surface area contributed by atoms with Crippen LogP contribution in [0, 0.1) is 5.92 Å². The van der Waals surface area contributed by atoms with Crippen LogP contribution in [0.25, 0.3) is 17.3 Å². The van der Waals surface area contributed by atoms with Crippen LogP contribution in [0.2, 0.25) is 0 Å². The average molecular weight is 397 g/mol. The predicted molar refractivity (Wildman–Crippen MR) is 111 cm³/mol. The second-order valence-electron chi connectivity index (χ2n) is 7.32. The normalized spacial score (nSPS) is 23.8. The monoisotopic (exact) mass is 396 g/mol. The first-order valence-corrected chi connectivity index (χ1v) is 10.5. The second-order valence-corrected chi connectivity index (χ2v) is 8.58. The third-order valence-corrected chi connectivity index (χ3v) is 6.82. The number of amides is 1. The van der Waals surface area contributed by atoms with Gasteiger partial charge in [-0.3, -0.25) is 4.79 Å². The van der Waals surface area contributed by atoms with Crippen molar-refractivity contribution in [3.63, 3.8) is 0 Å². The highest BCUT2D eigenvalue weighted by Gasteiger charge is 2.36. The Balaban J connectivity index is 1.45. The van der Waals surface area contributed by atoms with Crippen LogP contribution in [0.4, 0.5) is 0 Å². The molecule has 3 heterocycles. The van der Waals surface area contributed by atoms with E-state index in [0.29, 0.717) is 22.5 Å². The fourth-order valence-corrected chi connectivity index (χ4v) is 5.18. The van der Waals surface area contributed by atoms with Gasteiger partial charge in [0.25, 0.3) is 0 Å². The zero-order valence-corrected chi connectivity index (χ0v) is 16.6. The van der Waals surface area contributed by atoms with Gasteiger partial charge in [-0.05, 0) is 67.6 Å². The number of piperidine rings is 2. The van der Waals surface area contributed by atoms with Gasteiger partial charge in [-0.1, -0.05) is 6.07 Å². The van der Waals surface area contributed by atoms with Gasteiger partial charge >= 0.3 is 0 Å². The third kappa shape index (κ3) is 4.20. The van der Waals surface area contributed by atoms with Gasteiger partial charge in [0.05, 0.1) is 5.69 Å². The summed E-state index contributed by atoms with van der Waals surface area (Å²) in [7, 11) is 1.57. The number of aromatic nitrogens is 2.